The Morgan fingerprint density at radius 2 is 2.16 bits per heavy atom. The van der Waals surface area contributed by atoms with Crippen molar-refractivity contribution in [2.75, 3.05) is 19.0 Å². The molecule has 0 spiro atoms. The first kappa shape index (κ1) is 15.6. The van der Waals surface area contributed by atoms with E-state index in [1.54, 1.807) is 6.07 Å². The Kier molecular flexibility index (Phi) is 5.43. The number of carbonyl (C=O) groups is 1. The number of ether oxygens (including phenoxy) is 1. The van der Waals surface area contributed by atoms with Crippen LogP contribution in [-0.4, -0.2) is 34.1 Å². The molecule has 1 rings (SSSR count). The van der Waals surface area contributed by atoms with Crippen LogP contribution in [0.3, 0.4) is 0 Å². The summed E-state index contributed by atoms with van der Waals surface area (Å²) in [5, 5.41) is 7.56. The van der Waals surface area contributed by atoms with Gasteiger partial charge in [0.2, 0.25) is 15.9 Å². The van der Waals surface area contributed by atoms with Gasteiger partial charge in [-0.3, -0.25) is 4.79 Å². The van der Waals surface area contributed by atoms with Crippen molar-refractivity contribution in [2.24, 2.45) is 10.9 Å². The average Bonchev–Trinajstić information content (AvgIpc) is 2.35. The number of nitrogens with one attached hydrogen (secondary N) is 1. The topological polar surface area (TPSA) is 125 Å². The molecule has 7 nitrogen and oxygen atoms in total. The highest BCUT2D eigenvalue weighted by Crippen LogP contribution is 2.14. The van der Waals surface area contributed by atoms with Crippen LogP contribution in [0.1, 0.15) is 6.42 Å². The van der Waals surface area contributed by atoms with Gasteiger partial charge in [0.05, 0.1) is 17.4 Å². The molecule has 1 atom stereocenters. The van der Waals surface area contributed by atoms with Crippen LogP contribution in [0.15, 0.2) is 29.2 Å². The molecule has 1 unspecified atom stereocenters. The van der Waals surface area contributed by atoms with Crippen molar-refractivity contribution in [3.8, 4) is 0 Å². The summed E-state index contributed by atoms with van der Waals surface area (Å²) in [5.74, 6) is -0.316. The zero-order chi connectivity index (χ0) is 14.5. The minimum atomic E-state index is -3.79. The van der Waals surface area contributed by atoms with Gasteiger partial charge in [0.15, 0.2) is 0 Å². The third-order valence-electron chi connectivity index (χ3n) is 2.46. The van der Waals surface area contributed by atoms with Crippen LogP contribution < -0.4 is 16.2 Å². The molecule has 106 valence electrons. The number of amides is 1. The lowest BCUT2D eigenvalue weighted by Gasteiger charge is -2.12. The first-order valence-corrected chi connectivity index (χ1v) is 7.07. The average molecular weight is 287 g/mol. The molecule has 5 N–H and O–H groups in total. The van der Waals surface area contributed by atoms with Crippen molar-refractivity contribution in [1.29, 1.82) is 0 Å². The molecule has 1 aromatic rings. The Bertz CT molecular complexity index is 541. The minimum absolute atomic E-state index is 0.0626. The van der Waals surface area contributed by atoms with Crippen LogP contribution in [0.2, 0.25) is 0 Å². The maximum Gasteiger partial charge on any atom is 0.238 e. The van der Waals surface area contributed by atoms with E-state index in [4.69, 9.17) is 15.6 Å². The Labute approximate surface area is 112 Å². The quantitative estimate of drug-likeness (QED) is 0.658. The van der Waals surface area contributed by atoms with Gasteiger partial charge in [0.25, 0.3) is 0 Å². The summed E-state index contributed by atoms with van der Waals surface area (Å²) in [6.45, 7) is 0.223. The summed E-state index contributed by atoms with van der Waals surface area (Å²) in [5.41, 5.74) is 5.76. The molecule has 0 aliphatic heterocycles. The Morgan fingerprint density at radius 1 is 1.47 bits per heavy atom. The molecule has 0 bridgehead atoms. The third-order valence-corrected chi connectivity index (χ3v) is 3.37. The Balaban J connectivity index is 2.75. The molecule has 0 saturated carbocycles. The second-order valence-corrected chi connectivity index (χ2v) is 5.48. The van der Waals surface area contributed by atoms with E-state index in [1.807, 2.05) is 0 Å². The molecule has 1 amide bonds. The summed E-state index contributed by atoms with van der Waals surface area (Å²) in [6.07, 6.45) is -0.284. The predicted octanol–water partition coefficient (Wildman–Crippen LogP) is -0.364. The molecule has 0 saturated heterocycles. The molecule has 0 aliphatic rings. The van der Waals surface area contributed by atoms with E-state index >= 15 is 0 Å². The number of nitrogens with two attached hydrogens (primary N) is 2. The Hall–Kier alpha value is -1.48. The zero-order valence-corrected chi connectivity index (χ0v) is 11.3. The van der Waals surface area contributed by atoms with Crippen LogP contribution in [0, 0.1) is 0 Å². The van der Waals surface area contributed by atoms with Crippen molar-refractivity contribution in [2.45, 2.75) is 17.4 Å². The molecule has 0 aromatic heterocycles. The molecular formula is C11H17N3O4S. The number of hydrogen-bond acceptors (Lipinski definition) is 5. The summed E-state index contributed by atoms with van der Waals surface area (Å²) < 4.78 is 27.3. The van der Waals surface area contributed by atoms with Gasteiger partial charge in [0.1, 0.15) is 0 Å². The second-order valence-electron chi connectivity index (χ2n) is 3.92. The molecule has 0 fully saturated rings. The lowest BCUT2D eigenvalue weighted by atomic mass is 10.2. The highest BCUT2D eigenvalue weighted by molar-refractivity contribution is 7.89. The second kappa shape index (κ2) is 6.62. The molecule has 8 heteroatoms. The van der Waals surface area contributed by atoms with Crippen molar-refractivity contribution in [1.82, 2.24) is 0 Å². The Morgan fingerprint density at radius 3 is 2.68 bits per heavy atom. The number of primary sulfonamides is 1. The van der Waals surface area contributed by atoms with Gasteiger partial charge in [-0.25, -0.2) is 13.6 Å². The normalized spacial score (nSPS) is 13.0. The first-order chi connectivity index (χ1) is 8.86. The summed E-state index contributed by atoms with van der Waals surface area (Å²) in [6, 6.07) is 5.70. The number of rotatable bonds is 6. The van der Waals surface area contributed by atoms with E-state index in [0.29, 0.717) is 5.69 Å². The van der Waals surface area contributed by atoms with Crippen LogP contribution in [0.25, 0.3) is 0 Å². The first-order valence-electron chi connectivity index (χ1n) is 5.52. The lowest BCUT2D eigenvalue weighted by Crippen LogP contribution is -2.28. The minimum Gasteiger partial charge on any atom is -0.380 e. The maximum atomic E-state index is 11.7. The van der Waals surface area contributed by atoms with Crippen LogP contribution >= 0.6 is 0 Å². The summed E-state index contributed by atoms with van der Waals surface area (Å²) >= 11 is 0. The number of methoxy groups -OCH3 is 1. The van der Waals surface area contributed by atoms with Gasteiger partial charge in [-0.15, -0.1) is 0 Å². The van der Waals surface area contributed by atoms with E-state index in [2.05, 4.69) is 5.32 Å². The van der Waals surface area contributed by atoms with Gasteiger partial charge in [-0.05, 0) is 18.2 Å². The van der Waals surface area contributed by atoms with Gasteiger partial charge >= 0.3 is 0 Å². The summed E-state index contributed by atoms with van der Waals surface area (Å²) in [7, 11) is -2.32. The predicted molar refractivity (Wildman–Crippen MR) is 70.9 cm³/mol. The van der Waals surface area contributed by atoms with E-state index in [1.165, 1.54) is 25.3 Å². The summed E-state index contributed by atoms with van der Waals surface area (Å²) in [4.78, 5) is 11.6. The number of hydrogen-bond donors (Lipinski definition) is 3. The molecule has 19 heavy (non-hydrogen) atoms. The molecule has 1 aromatic carbocycles. The monoisotopic (exact) mass is 287 g/mol. The molecule has 0 heterocycles. The highest BCUT2D eigenvalue weighted by atomic mass is 32.2. The fourth-order valence-electron chi connectivity index (χ4n) is 1.43. The van der Waals surface area contributed by atoms with E-state index in [0.717, 1.165) is 0 Å². The van der Waals surface area contributed by atoms with Crippen molar-refractivity contribution >= 4 is 21.6 Å². The SMILES string of the molecule is COC(CN)CC(=O)Nc1cccc(S(N)(=O)=O)c1. The molecule has 0 aliphatic carbocycles. The maximum absolute atomic E-state index is 11.7. The smallest absolute Gasteiger partial charge is 0.238 e. The highest BCUT2D eigenvalue weighted by Gasteiger charge is 2.13. The zero-order valence-electron chi connectivity index (χ0n) is 10.5. The van der Waals surface area contributed by atoms with Gasteiger partial charge in [-0.2, -0.15) is 0 Å². The number of benzene rings is 1. The van der Waals surface area contributed by atoms with Crippen LogP contribution in [-0.2, 0) is 19.6 Å². The van der Waals surface area contributed by atoms with Crippen molar-refractivity contribution in [3.05, 3.63) is 24.3 Å². The number of carbonyl (C=O) groups excluding carboxylic acids is 1. The van der Waals surface area contributed by atoms with Gasteiger partial charge in [0, 0.05) is 19.3 Å². The lowest BCUT2D eigenvalue weighted by molar-refractivity contribution is -0.118. The largest absolute Gasteiger partial charge is 0.380 e. The van der Waals surface area contributed by atoms with Crippen molar-refractivity contribution < 1.29 is 17.9 Å². The van der Waals surface area contributed by atoms with Crippen molar-refractivity contribution in [3.63, 3.8) is 0 Å². The standard InChI is InChI=1S/C11H17N3O4S/c1-18-9(7-12)6-11(15)14-8-3-2-4-10(5-8)19(13,16)17/h2-5,9H,6-7,12H2,1H3,(H,14,15)(H2,13,16,17). The fourth-order valence-corrected chi connectivity index (χ4v) is 1.99. The van der Waals surface area contributed by atoms with E-state index < -0.39 is 10.0 Å². The van der Waals surface area contributed by atoms with Crippen LogP contribution in [0.4, 0.5) is 5.69 Å². The van der Waals surface area contributed by atoms with E-state index in [-0.39, 0.29) is 29.9 Å². The molecule has 0 radical (unpaired) electrons. The number of anilines is 1. The van der Waals surface area contributed by atoms with Gasteiger partial charge in [-0.1, -0.05) is 6.07 Å². The number of sulfonamides is 1. The molecular weight excluding hydrogens is 270 g/mol. The fraction of sp³-hybridized carbons (Fsp3) is 0.364. The third kappa shape index (κ3) is 4.95. The van der Waals surface area contributed by atoms with E-state index in [9.17, 15) is 13.2 Å². The van der Waals surface area contributed by atoms with Crippen LogP contribution in [0.5, 0.6) is 0 Å². The van der Waals surface area contributed by atoms with Gasteiger partial charge < -0.3 is 15.8 Å².